The standard InChI is InChI=1S/C12H16N2O3/c15-11-10(7-5-6-17-12(7)16)13-8-3-1-2-4-9(8)14-11/h8-9,13H,1-6H2,(H,14,15)/b10-7+/t8-,9+/m1/s1. The van der Waals surface area contributed by atoms with E-state index >= 15 is 0 Å². The summed E-state index contributed by atoms with van der Waals surface area (Å²) >= 11 is 0. The first-order valence-corrected chi connectivity index (χ1v) is 6.23. The van der Waals surface area contributed by atoms with Crippen LogP contribution in [0.15, 0.2) is 11.3 Å². The Balaban J connectivity index is 1.86. The molecule has 1 amide bonds. The van der Waals surface area contributed by atoms with Crippen molar-refractivity contribution in [1.82, 2.24) is 10.6 Å². The van der Waals surface area contributed by atoms with E-state index in [4.69, 9.17) is 4.74 Å². The van der Waals surface area contributed by atoms with Gasteiger partial charge in [0.1, 0.15) is 5.70 Å². The largest absolute Gasteiger partial charge is 0.462 e. The van der Waals surface area contributed by atoms with Crippen LogP contribution in [0.2, 0.25) is 0 Å². The fourth-order valence-electron chi connectivity index (χ4n) is 2.85. The number of fused-ring (bicyclic) bond motifs is 1. The third kappa shape index (κ3) is 1.79. The van der Waals surface area contributed by atoms with Crippen LogP contribution in [0.4, 0.5) is 0 Å². The maximum Gasteiger partial charge on any atom is 0.336 e. The lowest BCUT2D eigenvalue weighted by Gasteiger charge is -2.38. The normalized spacial score (nSPS) is 36.9. The number of hydrogen-bond acceptors (Lipinski definition) is 4. The van der Waals surface area contributed by atoms with Gasteiger partial charge in [0.15, 0.2) is 0 Å². The van der Waals surface area contributed by atoms with E-state index in [0.717, 1.165) is 19.3 Å². The molecule has 0 bridgehead atoms. The number of carbonyl (C=O) groups excluding carboxylic acids is 2. The van der Waals surface area contributed by atoms with Crippen molar-refractivity contribution in [2.24, 2.45) is 0 Å². The Morgan fingerprint density at radius 3 is 2.41 bits per heavy atom. The van der Waals surface area contributed by atoms with Crippen LogP contribution in [0, 0.1) is 0 Å². The molecule has 1 saturated carbocycles. The predicted molar refractivity (Wildman–Crippen MR) is 59.9 cm³/mol. The molecule has 0 spiro atoms. The Morgan fingerprint density at radius 2 is 1.76 bits per heavy atom. The van der Waals surface area contributed by atoms with Crippen molar-refractivity contribution in [2.45, 2.75) is 44.2 Å². The Hall–Kier alpha value is -1.52. The molecule has 2 saturated heterocycles. The van der Waals surface area contributed by atoms with Gasteiger partial charge in [-0.2, -0.15) is 0 Å². The monoisotopic (exact) mass is 236 g/mol. The van der Waals surface area contributed by atoms with E-state index < -0.39 is 0 Å². The maximum atomic E-state index is 11.9. The zero-order valence-electron chi connectivity index (χ0n) is 9.62. The first-order valence-electron chi connectivity index (χ1n) is 6.23. The summed E-state index contributed by atoms with van der Waals surface area (Å²) in [4.78, 5) is 23.4. The third-order valence-corrected chi connectivity index (χ3v) is 3.77. The van der Waals surface area contributed by atoms with Gasteiger partial charge in [-0.05, 0) is 12.8 Å². The molecule has 0 unspecified atom stereocenters. The Morgan fingerprint density at radius 1 is 1.06 bits per heavy atom. The lowest BCUT2D eigenvalue weighted by atomic mass is 9.88. The molecule has 2 atom stereocenters. The quantitative estimate of drug-likeness (QED) is 0.466. The van der Waals surface area contributed by atoms with Crippen molar-refractivity contribution in [3.05, 3.63) is 11.3 Å². The molecule has 17 heavy (non-hydrogen) atoms. The summed E-state index contributed by atoms with van der Waals surface area (Å²) in [6, 6.07) is 0.496. The van der Waals surface area contributed by atoms with E-state index in [0.29, 0.717) is 24.3 Å². The lowest BCUT2D eigenvalue weighted by molar-refractivity contribution is -0.135. The third-order valence-electron chi connectivity index (χ3n) is 3.77. The van der Waals surface area contributed by atoms with Gasteiger partial charge in [-0.15, -0.1) is 0 Å². The van der Waals surface area contributed by atoms with Gasteiger partial charge >= 0.3 is 5.97 Å². The Labute approximate surface area is 99.6 Å². The van der Waals surface area contributed by atoms with E-state index in [2.05, 4.69) is 10.6 Å². The van der Waals surface area contributed by atoms with Crippen LogP contribution in [-0.2, 0) is 14.3 Å². The second-order valence-electron chi connectivity index (χ2n) is 4.85. The number of rotatable bonds is 0. The minimum atomic E-state index is -0.350. The Bertz CT molecular complexity index is 403. The second-order valence-corrected chi connectivity index (χ2v) is 4.85. The summed E-state index contributed by atoms with van der Waals surface area (Å²) < 4.78 is 4.89. The van der Waals surface area contributed by atoms with Crippen molar-refractivity contribution in [3.8, 4) is 0 Å². The van der Waals surface area contributed by atoms with Gasteiger partial charge in [0.25, 0.3) is 5.91 Å². The second kappa shape index (κ2) is 4.05. The van der Waals surface area contributed by atoms with E-state index in [9.17, 15) is 9.59 Å². The van der Waals surface area contributed by atoms with Crippen LogP contribution >= 0.6 is 0 Å². The van der Waals surface area contributed by atoms with Crippen molar-refractivity contribution in [2.75, 3.05) is 6.61 Å². The van der Waals surface area contributed by atoms with Crippen LogP contribution in [0.1, 0.15) is 32.1 Å². The molecule has 2 N–H and O–H groups in total. The van der Waals surface area contributed by atoms with E-state index in [1.165, 1.54) is 6.42 Å². The number of ether oxygens (including phenoxy) is 1. The molecule has 0 aromatic heterocycles. The predicted octanol–water partition coefficient (Wildman–Crippen LogP) is 0.218. The smallest absolute Gasteiger partial charge is 0.336 e. The molecule has 2 heterocycles. The summed E-state index contributed by atoms with van der Waals surface area (Å²) in [6.07, 6.45) is 4.95. The van der Waals surface area contributed by atoms with Crippen LogP contribution in [0.5, 0.6) is 0 Å². The fraction of sp³-hybridized carbons (Fsp3) is 0.667. The van der Waals surface area contributed by atoms with Gasteiger partial charge in [-0.1, -0.05) is 12.8 Å². The molecular weight excluding hydrogens is 220 g/mol. The number of amides is 1. The number of hydrogen-bond donors (Lipinski definition) is 2. The van der Waals surface area contributed by atoms with Crippen molar-refractivity contribution >= 4 is 11.9 Å². The van der Waals surface area contributed by atoms with Crippen molar-refractivity contribution in [3.63, 3.8) is 0 Å². The SMILES string of the molecule is O=C1OCC/C1=C1\N[C@@H]2CCCC[C@@H]2NC1=O. The van der Waals surface area contributed by atoms with Gasteiger partial charge in [-0.3, -0.25) is 4.79 Å². The number of nitrogens with one attached hydrogen (secondary N) is 2. The molecule has 0 radical (unpaired) electrons. The van der Waals surface area contributed by atoms with Crippen LogP contribution < -0.4 is 10.6 Å². The van der Waals surface area contributed by atoms with Gasteiger partial charge in [0.05, 0.1) is 12.2 Å². The van der Waals surface area contributed by atoms with Crippen LogP contribution in [0.25, 0.3) is 0 Å². The fourth-order valence-corrected chi connectivity index (χ4v) is 2.85. The first-order chi connectivity index (χ1) is 8.25. The molecular formula is C12H16N2O3. The van der Waals surface area contributed by atoms with Gasteiger partial charge in [0.2, 0.25) is 0 Å². The average Bonchev–Trinajstić information content (AvgIpc) is 2.74. The molecule has 3 fully saturated rings. The summed E-state index contributed by atoms with van der Waals surface area (Å²) in [6.45, 7) is 0.390. The minimum absolute atomic E-state index is 0.151. The van der Waals surface area contributed by atoms with Gasteiger partial charge in [0, 0.05) is 18.5 Å². The zero-order chi connectivity index (χ0) is 11.8. The van der Waals surface area contributed by atoms with Gasteiger partial charge in [-0.25, -0.2) is 4.79 Å². The van der Waals surface area contributed by atoms with E-state index in [1.807, 2.05) is 0 Å². The molecule has 2 aliphatic heterocycles. The lowest BCUT2D eigenvalue weighted by Crippen LogP contribution is -2.59. The molecule has 1 aliphatic carbocycles. The molecule has 0 aromatic rings. The number of esters is 1. The molecule has 3 rings (SSSR count). The molecule has 5 nitrogen and oxygen atoms in total. The van der Waals surface area contributed by atoms with Crippen molar-refractivity contribution < 1.29 is 14.3 Å². The number of piperazine rings is 1. The Kier molecular flexibility index (Phi) is 2.53. The van der Waals surface area contributed by atoms with Crippen LogP contribution in [0.3, 0.4) is 0 Å². The zero-order valence-corrected chi connectivity index (χ0v) is 9.62. The first kappa shape index (κ1) is 10.6. The number of cyclic esters (lactones) is 1. The van der Waals surface area contributed by atoms with E-state index in [-0.39, 0.29) is 24.0 Å². The number of carbonyl (C=O) groups is 2. The van der Waals surface area contributed by atoms with Crippen LogP contribution in [-0.4, -0.2) is 30.6 Å². The minimum Gasteiger partial charge on any atom is -0.462 e. The molecule has 5 heteroatoms. The topological polar surface area (TPSA) is 67.4 Å². The molecule has 0 aromatic carbocycles. The summed E-state index contributed by atoms with van der Waals surface area (Å²) in [5.41, 5.74) is 0.946. The van der Waals surface area contributed by atoms with Crippen molar-refractivity contribution in [1.29, 1.82) is 0 Å². The molecule has 3 aliphatic rings. The highest BCUT2D eigenvalue weighted by molar-refractivity contribution is 6.03. The van der Waals surface area contributed by atoms with E-state index in [1.54, 1.807) is 0 Å². The maximum absolute atomic E-state index is 11.9. The highest BCUT2D eigenvalue weighted by Crippen LogP contribution is 2.25. The van der Waals surface area contributed by atoms with Gasteiger partial charge < -0.3 is 15.4 Å². The molecule has 92 valence electrons. The average molecular weight is 236 g/mol. The summed E-state index contributed by atoms with van der Waals surface area (Å²) in [5.74, 6) is -0.501. The summed E-state index contributed by atoms with van der Waals surface area (Å²) in [5, 5.41) is 6.24. The highest BCUT2D eigenvalue weighted by atomic mass is 16.5. The summed E-state index contributed by atoms with van der Waals surface area (Å²) in [7, 11) is 0. The highest BCUT2D eigenvalue weighted by Gasteiger charge is 2.36.